The Morgan fingerprint density at radius 1 is 0.969 bits per heavy atom. The molecule has 0 aliphatic rings. The fraction of sp³-hybridized carbons (Fsp3) is 0.0400. The third kappa shape index (κ3) is 3.96. The second kappa shape index (κ2) is 8.39. The second-order valence-corrected chi connectivity index (χ2v) is 7.13. The second-order valence-electron chi connectivity index (χ2n) is 7.13. The fourth-order valence-corrected chi connectivity index (χ4v) is 3.43. The molecule has 0 radical (unpaired) electrons. The van der Waals surface area contributed by atoms with Crippen molar-refractivity contribution in [3.05, 3.63) is 108 Å². The monoisotopic (exact) mass is 424 g/mol. The molecule has 0 unspecified atom stereocenters. The lowest BCUT2D eigenvalue weighted by Gasteiger charge is -2.04. The summed E-state index contributed by atoms with van der Waals surface area (Å²) in [5.41, 5.74) is 2.86. The summed E-state index contributed by atoms with van der Waals surface area (Å²) in [6, 6.07) is 22.9. The number of halogens is 1. The van der Waals surface area contributed by atoms with Gasteiger partial charge in [-0.2, -0.15) is 0 Å². The maximum absolute atomic E-state index is 13.4. The number of hydrogen-bond donors (Lipinski definition) is 0. The van der Waals surface area contributed by atoms with Crippen molar-refractivity contribution in [1.82, 2.24) is 19.7 Å². The summed E-state index contributed by atoms with van der Waals surface area (Å²) in [6.07, 6.45) is 2.95. The molecule has 0 N–H and O–H groups in total. The van der Waals surface area contributed by atoms with Gasteiger partial charge in [0.25, 0.3) is 0 Å². The summed E-state index contributed by atoms with van der Waals surface area (Å²) in [4.78, 5) is 17.5. The van der Waals surface area contributed by atoms with Crippen molar-refractivity contribution in [2.45, 2.75) is 6.54 Å². The van der Waals surface area contributed by atoms with Gasteiger partial charge < -0.3 is 8.98 Å². The molecule has 0 amide bonds. The molecule has 0 saturated carbocycles. The van der Waals surface area contributed by atoms with Crippen molar-refractivity contribution >= 4 is 22.9 Å². The molecule has 2 heterocycles. The Hall–Kier alpha value is -4.39. The van der Waals surface area contributed by atoms with E-state index in [1.165, 1.54) is 18.2 Å². The summed E-state index contributed by atoms with van der Waals surface area (Å²) in [7, 11) is 0. The number of hydrogen-bond acceptors (Lipinski definition) is 5. The zero-order valence-corrected chi connectivity index (χ0v) is 16.9. The van der Waals surface area contributed by atoms with Crippen LogP contribution in [0.15, 0.2) is 89.4 Å². The molecule has 0 atom stereocenters. The molecular weight excluding hydrogens is 407 g/mol. The van der Waals surface area contributed by atoms with E-state index in [2.05, 4.69) is 15.2 Å². The lowest BCUT2D eigenvalue weighted by molar-refractivity contribution is 0.103. The number of nitrogens with zero attached hydrogens (tertiary/aromatic N) is 4. The number of imidazole rings is 1. The molecule has 0 spiro atoms. The fourth-order valence-electron chi connectivity index (χ4n) is 3.43. The Bertz CT molecular complexity index is 1440. The van der Waals surface area contributed by atoms with Crippen molar-refractivity contribution in [3.63, 3.8) is 0 Å². The van der Waals surface area contributed by atoms with E-state index in [-0.39, 0.29) is 24.0 Å². The molecule has 5 aromatic rings. The molecule has 7 heteroatoms. The molecule has 0 aliphatic carbocycles. The molecule has 2 aromatic heterocycles. The van der Waals surface area contributed by atoms with Gasteiger partial charge in [-0.1, -0.05) is 48.5 Å². The predicted molar refractivity (Wildman–Crippen MR) is 118 cm³/mol. The van der Waals surface area contributed by atoms with Gasteiger partial charge in [-0.25, -0.2) is 9.37 Å². The first-order valence-electron chi connectivity index (χ1n) is 9.98. The number of allylic oxidation sites excluding steroid dienone is 1. The van der Waals surface area contributed by atoms with Crippen molar-refractivity contribution < 1.29 is 13.6 Å². The van der Waals surface area contributed by atoms with Gasteiger partial charge in [0.1, 0.15) is 12.4 Å². The predicted octanol–water partition coefficient (Wildman–Crippen LogP) is 5.17. The minimum absolute atomic E-state index is 0.190. The van der Waals surface area contributed by atoms with Crippen molar-refractivity contribution in [2.75, 3.05) is 0 Å². The molecule has 0 fully saturated rings. The van der Waals surface area contributed by atoms with E-state index in [0.717, 1.165) is 11.1 Å². The van der Waals surface area contributed by atoms with E-state index < -0.39 is 0 Å². The van der Waals surface area contributed by atoms with Crippen LogP contribution in [0.2, 0.25) is 0 Å². The maximum Gasteiger partial charge on any atom is 0.247 e. The van der Waals surface area contributed by atoms with E-state index >= 15 is 0 Å². The number of fused-ring (bicyclic) bond motifs is 1. The third-order valence-corrected chi connectivity index (χ3v) is 4.93. The zero-order chi connectivity index (χ0) is 21.9. The SMILES string of the molecule is O=C(C=Cc1cccc(F)c1)c1nc2ccccc2n1Cc1nnc(-c2ccccc2)o1. The number of ketones is 1. The van der Waals surface area contributed by atoms with Crippen LogP contribution in [-0.2, 0) is 6.54 Å². The van der Waals surface area contributed by atoms with Gasteiger partial charge in [0, 0.05) is 5.56 Å². The van der Waals surface area contributed by atoms with Crippen LogP contribution >= 0.6 is 0 Å². The highest BCUT2D eigenvalue weighted by molar-refractivity contribution is 6.06. The van der Waals surface area contributed by atoms with Crippen LogP contribution in [0.1, 0.15) is 22.1 Å². The van der Waals surface area contributed by atoms with Crippen molar-refractivity contribution in [3.8, 4) is 11.5 Å². The van der Waals surface area contributed by atoms with Gasteiger partial charge in [-0.3, -0.25) is 4.79 Å². The van der Waals surface area contributed by atoms with Crippen molar-refractivity contribution in [1.29, 1.82) is 0 Å². The van der Waals surface area contributed by atoms with E-state index in [4.69, 9.17) is 4.42 Å². The van der Waals surface area contributed by atoms with E-state index in [1.54, 1.807) is 22.8 Å². The minimum atomic E-state index is -0.363. The Labute approximate surface area is 182 Å². The highest BCUT2D eigenvalue weighted by atomic mass is 19.1. The van der Waals surface area contributed by atoms with Gasteiger partial charge in [0.15, 0.2) is 5.82 Å². The molecule has 32 heavy (non-hydrogen) atoms. The normalized spacial score (nSPS) is 11.4. The Kier molecular flexibility index (Phi) is 5.13. The van der Waals surface area contributed by atoms with Gasteiger partial charge in [0.05, 0.1) is 11.0 Å². The molecule has 0 saturated heterocycles. The topological polar surface area (TPSA) is 73.8 Å². The average Bonchev–Trinajstić information content (AvgIpc) is 3.44. The molecular formula is C25H17FN4O2. The lowest BCUT2D eigenvalue weighted by Crippen LogP contribution is -2.10. The number of rotatable bonds is 6. The summed E-state index contributed by atoms with van der Waals surface area (Å²) < 4.78 is 21.0. The van der Waals surface area contributed by atoms with Gasteiger partial charge >= 0.3 is 0 Å². The quantitative estimate of drug-likeness (QED) is 0.278. The molecule has 0 bridgehead atoms. The molecule has 5 rings (SSSR count). The summed E-state index contributed by atoms with van der Waals surface area (Å²) in [5, 5.41) is 8.26. The number of carbonyl (C=O) groups excluding carboxylic acids is 1. The molecule has 0 aliphatic heterocycles. The first-order valence-corrected chi connectivity index (χ1v) is 9.98. The number of aromatic nitrogens is 4. The third-order valence-electron chi connectivity index (χ3n) is 4.93. The van der Waals surface area contributed by atoms with Crippen LogP contribution in [0.4, 0.5) is 4.39 Å². The largest absolute Gasteiger partial charge is 0.419 e. The smallest absolute Gasteiger partial charge is 0.247 e. The van der Waals surface area contributed by atoms with Crippen molar-refractivity contribution in [2.24, 2.45) is 0 Å². The van der Waals surface area contributed by atoms with Gasteiger partial charge in [0.2, 0.25) is 17.6 Å². The molecule has 6 nitrogen and oxygen atoms in total. The average molecular weight is 424 g/mol. The number of carbonyl (C=O) groups is 1. The van der Waals surface area contributed by atoms with Gasteiger partial charge in [-0.05, 0) is 48.0 Å². The van der Waals surface area contributed by atoms with Crippen LogP contribution in [0.3, 0.4) is 0 Å². The number of benzene rings is 3. The maximum atomic E-state index is 13.4. The Balaban J connectivity index is 1.48. The van der Waals surface area contributed by atoms with E-state index in [9.17, 15) is 9.18 Å². The van der Waals surface area contributed by atoms with Gasteiger partial charge in [-0.15, -0.1) is 10.2 Å². The van der Waals surface area contributed by atoms with E-state index in [0.29, 0.717) is 22.9 Å². The van der Waals surface area contributed by atoms with Crippen LogP contribution in [-0.4, -0.2) is 25.5 Å². The van der Waals surface area contributed by atoms with Crippen LogP contribution in [0, 0.1) is 5.82 Å². The first-order chi connectivity index (χ1) is 15.7. The van der Waals surface area contributed by atoms with Crippen LogP contribution in [0.5, 0.6) is 0 Å². The molecule has 156 valence electrons. The summed E-state index contributed by atoms with van der Waals surface area (Å²) in [5.74, 6) is 0.322. The zero-order valence-electron chi connectivity index (χ0n) is 16.9. The summed E-state index contributed by atoms with van der Waals surface area (Å²) >= 11 is 0. The highest BCUT2D eigenvalue weighted by Gasteiger charge is 2.18. The van der Waals surface area contributed by atoms with E-state index in [1.807, 2.05) is 54.6 Å². The summed E-state index contributed by atoms with van der Waals surface area (Å²) in [6.45, 7) is 0.190. The van der Waals surface area contributed by atoms with Crippen LogP contribution < -0.4 is 0 Å². The first kappa shape index (κ1) is 19.6. The van der Waals surface area contributed by atoms with Crippen LogP contribution in [0.25, 0.3) is 28.6 Å². The highest BCUT2D eigenvalue weighted by Crippen LogP contribution is 2.21. The molecule has 3 aromatic carbocycles. The Morgan fingerprint density at radius 3 is 2.62 bits per heavy atom. The number of para-hydroxylation sites is 2. The standard InChI is InChI=1S/C25H17FN4O2/c26-19-10-6-7-17(15-19)13-14-22(31)24-27-20-11-4-5-12-21(20)30(24)16-23-28-29-25(32-23)18-8-2-1-3-9-18/h1-15H,16H2. The lowest BCUT2D eigenvalue weighted by atomic mass is 10.2. The Morgan fingerprint density at radius 2 is 1.78 bits per heavy atom. The minimum Gasteiger partial charge on any atom is -0.419 e.